The Labute approximate surface area is 111 Å². The van der Waals surface area contributed by atoms with Gasteiger partial charge in [-0.2, -0.15) is 5.10 Å². The van der Waals surface area contributed by atoms with E-state index in [4.69, 9.17) is 10.5 Å². The van der Waals surface area contributed by atoms with Crippen LogP contribution in [-0.2, 0) is 16.1 Å². The minimum atomic E-state index is -0.941. The molecule has 106 valence electrons. The molecule has 0 saturated carbocycles. The van der Waals surface area contributed by atoms with E-state index in [2.05, 4.69) is 10.4 Å². The number of nitrogen functional groups attached to an aromatic ring is 1. The number of hydrogen-bond donors (Lipinski definition) is 3. The Hall–Kier alpha value is -1.60. The van der Waals surface area contributed by atoms with Crippen LogP contribution in [0.3, 0.4) is 0 Å². The van der Waals surface area contributed by atoms with Crippen LogP contribution in [-0.4, -0.2) is 46.2 Å². The first-order valence-corrected chi connectivity index (χ1v) is 6.27. The van der Waals surface area contributed by atoms with Crippen LogP contribution in [0, 0.1) is 13.8 Å². The van der Waals surface area contributed by atoms with Crippen LogP contribution in [0.25, 0.3) is 0 Å². The molecule has 0 aliphatic carbocycles. The summed E-state index contributed by atoms with van der Waals surface area (Å²) in [7, 11) is 0. The lowest BCUT2D eigenvalue weighted by Gasteiger charge is -2.20. The van der Waals surface area contributed by atoms with Crippen molar-refractivity contribution in [2.45, 2.75) is 32.4 Å². The van der Waals surface area contributed by atoms with Crippen molar-refractivity contribution in [3.8, 4) is 0 Å². The predicted molar refractivity (Wildman–Crippen MR) is 69.5 cm³/mol. The fourth-order valence-electron chi connectivity index (χ4n) is 2.06. The lowest BCUT2D eigenvalue weighted by atomic mass is 10.0. The number of nitrogens with two attached hydrogens (primary N) is 1. The molecule has 19 heavy (non-hydrogen) atoms. The summed E-state index contributed by atoms with van der Waals surface area (Å²) in [6.07, 6.45) is 0.542. The summed E-state index contributed by atoms with van der Waals surface area (Å²) >= 11 is 0. The first-order chi connectivity index (χ1) is 8.91. The number of ether oxygens (including phenoxy) is 1. The van der Waals surface area contributed by atoms with Gasteiger partial charge in [-0.15, -0.1) is 0 Å². The van der Waals surface area contributed by atoms with Crippen LogP contribution in [0.1, 0.15) is 17.8 Å². The molecule has 1 aromatic rings. The normalized spacial score (nSPS) is 22.7. The van der Waals surface area contributed by atoms with Crippen molar-refractivity contribution >= 4 is 11.6 Å². The molecule has 1 aromatic heterocycles. The summed E-state index contributed by atoms with van der Waals surface area (Å²) in [6.45, 7) is 4.71. The van der Waals surface area contributed by atoms with E-state index in [0.717, 1.165) is 5.69 Å². The number of rotatable bonds is 4. The Morgan fingerprint density at radius 2 is 2.37 bits per heavy atom. The van der Waals surface area contributed by atoms with E-state index in [1.54, 1.807) is 11.6 Å². The van der Waals surface area contributed by atoms with Crippen LogP contribution >= 0.6 is 0 Å². The van der Waals surface area contributed by atoms with Gasteiger partial charge < -0.3 is 20.9 Å². The summed E-state index contributed by atoms with van der Waals surface area (Å²) < 4.78 is 6.68. The zero-order valence-electron chi connectivity index (χ0n) is 11.3. The van der Waals surface area contributed by atoms with Crippen molar-refractivity contribution < 1.29 is 14.6 Å². The second kappa shape index (κ2) is 5.18. The maximum Gasteiger partial charge on any atom is 0.241 e. The van der Waals surface area contributed by atoms with Crippen LogP contribution in [0.5, 0.6) is 0 Å². The molecule has 7 nitrogen and oxygen atoms in total. The number of aryl methyl sites for hydroxylation is 1. The molecule has 0 bridgehead atoms. The summed E-state index contributed by atoms with van der Waals surface area (Å²) in [5.74, 6) is -0.203. The number of amides is 1. The smallest absolute Gasteiger partial charge is 0.241 e. The zero-order valence-corrected chi connectivity index (χ0v) is 11.3. The Morgan fingerprint density at radius 1 is 1.63 bits per heavy atom. The van der Waals surface area contributed by atoms with Crippen LogP contribution < -0.4 is 11.1 Å². The highest BCUT2D eigenvalue weighted by Gasteiger charge is 2.32. The van der Waals surface area contributed by atoms with Crippen molar-refractivity contribution in [2.24, 2.45) is 0 Å². The third-order valence-electron chi connectivity index (χ3n) is 3.43. The average Bonchev–Trinajstić information content (AvgIpc) is 2.89. The lowest BCUT2D eigenvalue weighted by Crippen LogP contribution is -2.44. The number of aliphatic hydroxyl groups is 1. The highest BCUT2D eigenvalue weighted by atomic mass is 16.5. The first-order valence-electron chi connectivity index (χ1n) is 6.27. The molecule has 1 fully saturated rings. The fraction of sp³-hybridized carbons (Fsp3) is 0.667. The maximum atomic E-state index is 11.8. The summed E-state index contributed by atoms with van der Waals surface area (Å²) in [4.78, 5) is 11.8. The van der Waals surface area contributed by atoms with E-state index < -0.39 is 5.60 Å². The van der Waals surface area contributed by atoms with Gasteiger partial charge in [-0.1, -0.05) is 0 Å². The second-order valence-electron chi connectivity index (χ2n) is 5.05. The van der Waals surface area contributed by atoms with Gasteiger partial charge >= 0.3 is 0 Å². The molecular weight excluding hydrogens is 248 g/mol. The minimum Gasteiger partial charge on any atom is -0.396 e. The van der Waals surface area contributed by atoms with Gasteiger partial charge in [-0.25, -0.2) is 0 Å². The number of nitrogens with zero attached hydrogens (tertiary/aromatic N) is 2. The highest BCUT2D eigenvalue weighted by Crippen LogP contribution is 2.17. The van der Waals surface area contributed by atoms with Crippen molar-refractivity contribution in [3.05, 3.63) is 11.4 Å². The molecule has 0 radical (unpaired) electrons. The van der Waals surface area contributed by atoms with Gasteiger partial charge in [0.25, 0.3) is 0 Å². The summed E-state index contributed by atoms with van der Waals surface area (Å²) in [6, 6.07) is 0. The number of nitrogens with one attached hydrogen (secondary N) is 1. The van der Waals surface area contributed by atoms with Gasteiger partial charge in [0.05, 0.1) is 23.7 Å². The Bertz CT molecular complexity index is 478. The Balaban J connectivity index is 1.89. The Morgan fingerprint density at radius 3 is 2.89 bits per heavy atom. The SMILES string of the molecule is Cc1nn(CC(=O)NCC2(O)CCOC2)c(C)c1N. The topological polar surface area (TPSA) is 102 Å². The average molecular weight is 268 g/mol. The van der Waals surface area contributed by atoms with Crippen molar-refractivity contribution in [1.82, 2.24) is 15.1 Å². The molecule has 1 saturated heterocycles. The van der Waals surface area contributed by atoms with E-state index in [1.807, 2.05) is 6.92 Å². The number of hydrogen-bond acceptors (Lipinski definition) is 5. The van der Waals surface area contributed by atoms with Gasteiger partial charge in [-0.3, -0.25) is 9.48 Å². The molecule has 1 aliphatic heterocycles. The van der Waals surface area contributed by atoms with Gasteiger partial charge in [0.15, 0.2) is 0 Å². The van der Waals surface area contributed by atoms with Crippen molar-refractivity contribution in [2.75, 3.05) is 25.5 Å². The molecule has 0 aromatic carbocycles. The van der Waals surface area contributed by atoms with Gasteiger partial charge in [0.1, 0.15) is 12.1 Å². The third kappa shape index (κ3) is 3.05. The van der Waals surface area contributed by atoms with E-state index in [1.165, 1.54) is 0 Å². The third-order valence-corrected chi connectivity index (χ3v) is 3.43. The van der Waals surface area contributed by atoms with Crippen molar-refractivity contribution in [1.29, 1.82) is 0 Å². The summed E-state index contributed by atoms with van der Waals surface area (Å²) in [5.41, 5.74) is 6.96. The van der Waals surface area contributed by atoms with E-state index >= 15 is 0 Å². The quantitative estimate of drug-likeness (QED) is 0.673. The molecular formula is C12H20N4O3. The fourth-order valence-corrected chi connectivity index (χ4v) is 2.06. The largest absolute Gasteiger partial charge is 0.396 e. The Kier molecular flexibility index (Phi) is 3.77. The lowest BCUT2D eigenvalue weighted by molar-refractivity contribution is -0.123. The van der Waals surface area contributed by atoms with Crippen molar-refractivity contribution in [3.63, 3.8) is 0 Å². The molecule has 2 rings (SSSR count). The number of carbonyl (C=O) groups excluding carboxylic acids is 1. The number of aromatic nitrogens is 2. The van der Waals surface area contributed by atoms with E-state index in [-0.39, 0.29) is 25.6 Å². The molecule has 1 amide bonds. The molecule has 0 spiro atoms. The van der Waals surface area contributed by atoms with Gasteiger partial charge in [0.2, 0.25) is 5.91 Å². The molecule has 2 heterocycles. The van der Waals surface area contributed by atoms with Crippen LogP contribution in [0.15, 0.2) is 0 Å². The zero-order chi connectivity index (χ0) is 14.0. The van der Waals surface area contributed by atoms with Crippen LogP contribution in [0.2, 0.25) is 0 Å². The maximum absolute atomic E-state index is 11.8. The molecule has 1 aliphatic rings. The molecule has 7 heteroatoms. The van der Waals surface area contributed by atoms with Gasteiger partial charge in [-0.05, 0) is 13.8 Å². The predicted octanol–water partition coefficient (Wildman–Crippen LogP) is -0.650. The monoisotopic (exact) mass is 268 g/mol. The van der Waals surface area contributed by atoms with Gasteiger partial charge in [0, 0.05) is 19.6 Å². The molecule has 1 unspecified atom stereocenters. The number of carbonyl (C=O) groups is 1. The molecule has 4 N–H and O–H groups in total. The van der Waals surface area contributed by atoms with E-state index in [9.17, 15) is 9.90 Å². The first kappa shape index (κ1) is 13.8. The highest BCUT2D eigenvalue weighted by molar-refractivity contribution is 5.76. The minimum absolute atomic E-state index is 0.0980. The van der Waals surface area contributed by atoms with E-state index in [0.29, 0.717) is 24.4 Å². The van der Waals surface area contributed by atoms with Crippen LogP contribution in [0.4, 0.5) is 5.69 Å². The molecule has 1 atom stereocenters. The summed E-state index contributed by atoms with van der Waals surface area (Å²) in [5, 5.41) is 16.9. The number of anilines is 1. The standard InChI is InChI=1S/C12H20N4O3/c1-8-11(13)9(2)16(15-8)5-10(17)14-6-12(18)3-4-19-7-12/h18H,3-7,13H2,1-2H3,(H,14,17). The second-order valence-corrected chi connectivity index (χ2v) is 5.05.